The number of carbonyl (C=O) groups excluding carboxylic acids is 2. The highest BCUT2D eigenvalue weighted by atomic mass is 35.5. The third kappa shape index (κ3) is 6.35. The van der Waals surface area contributed by atoms with E-state index in [1.807, 2.05) is 43.3 Å². The average Bonchev–Trinajstić information content (AvgIpc) is 3.33. The van der Waals surface area contributed by atoms with Gasteiger partial charge in [0.2, 0.25) is 11.9 Å². The Hall–Kier alpha value is -3.73. The Balaban J connectivity index is 1.30. The molecule has 1 fully saturated rings. The molecule has 0 bridgehead atoms. The van der Waals surface area contributed by atoms with Gasteiger partial charge in [0.25, 0.3) is 5.91 Å². The highest BCUT2D eigenvalue weighted by Crippen LogP contribution is 2.33. The van der Waals surface area contributed by atoms with E-state index >= 15 is 0 Å². The fourth-order valence-corrected chi connectivity index (χ4v) is 5.81. The maximum absolute atomic E-state index is 13.5. The summed E-state index contributed by atoms with van der Waals surface area (Å²) >= 11 is 6.50. The van der Waals surface area contributed by atoms with Crippen molar-refractivity contribution in [2.75, 3.05) is 26.1 Å². The SMILES string of the molecule is COc1cccc([C@@H](C)NC(=O)[C@@H](CO)N2Cc3ccc(-c4nc(NC5CCC(OC)CC5)ncc4Cl)cc3C2=O)c1. The van der Waals surface area contributed by atoms with Gasteiger partial charge in [-0.15, -0.1) is 0 Å². The number of benzene rings is 2. The summed E-state index contributed by atoms with van der Waals surface area (Å²) in [6.45, 7) is 1.53. The molecule has 42 heavy (non-hydrogen) atoms. The number of ether oxygens (including phenoxy) is 2. The van der Waals surface area contributed by atoms with Crippen LogP contribution in [0.15, 0.2) is 48.7 Å². The first-order chi connectivity index (χ1) is 20.3. The Morgan fingerprint density at radius 3 is 2.67 bits per heavy atom. The number of halogens is 1. The molecule has 222 valence electrons. The number of rotatable bonds is 10. The molecule has 11 heteroatoms. The van der Waals surface area contributed by atoms with E-state index in [1.54, 1.807) is 26.5 Å². The smallest absolute Gasteiger partial charge is 0.255 e. The lowest BCUT2D eigenvalue weighted by molar-refractivity contribution is -0.127. The highest BCUT2D eigenvalue weighted by molar-refractivity contribution is 6.33. The van der Waals surface area contributed by atoms with Crippen LogP contribution in [-0.4, -0.2) is 70.8 Å². The summed E-state index contributed by atoms with van der Waals surface area (Å²) in [5, 5.41) is 16.8. The van der Waals surface area contributed by atoms with Gasteiger partial charge < -0.3 is 30.1 Å². The van der Waals surface area contributed by atoms with Crippen molar-refractivity contribution in [3.63, 3.8) is 0 Å². The molecule has 2 aliphatic rings. The van der Waals surface area contributed by atoms with Gasteiger partial charge in [-0.3, -0.25) is 9.59 Å². The molecular weight excluding hydrogens is 558 g/mol. The zero-order chi connectivity index (χ0) is 29.8. The number of methoxy groups -OCH3 is 2. The number of nitrogens with one attached hydrogen (secondary N) is 2. The third-order valence-electron chi connectivity index (χ3n) is 8.10. The Bertz CT molecular complexity index is 1440. The number of fused-ring (bicyclic) bond motifs is 1. The van der Waals surface area contributed by atoms with Crippen LogP contribution >= 0.6 is 11.6 Å². The molecule has 0 saturated heterocycles. The molecule has 2 amide bonds. The molecule has 3 N–H and O–H groups in total. The van der Waals surface area contributed by atoms with E-state index in [0.29, 0.717) is 39.6 Å². The van der Waals surface area contributed by atoms with Crippen molar-refractivity contribution < 1.29 is 24.2 Å². The van der Waals surface area contributed by atoms with Crippen LogP contribution in [0.4, 0.5) is 5.95 Å². The second-order valence-corrected chi connectivity index (χ2v) is 11.2. The van der Waals surface area contributed by atoms with Crippen LogP contribution in [0.25, 0.3) is 11.3 Å². The molecule has 1 aliphatic heterocycles. The number of aliphatic hydroxyl groups is 1. The minimum absolute atomic E-state index is 0.203. The van der Waals surface area contributed by atoms with Gasteiger partial charge in [-0.05, 0) is 61.9 Å². The quantitative estimate of drug-likeness (QED) is 0.316. The third-order valence-corrected chi connectivity index (χ3v) is 8.38. The molecule has 2 aromatic carbocycles. The maximum Gasteiger partial charge on any atom is 0.255 e. The van der Waals surface area contributed by atoms with E-state index in [-0.39, 0.29) is 24.5 Å². The first kappa shape index (κ1) is 29.8. The van der Waals surface area contributed by atoms with Crippen molar-refractivity contribution in [2.45, 2.75) is 63.4 Å². The number of amides is 2. The molecule has 1 saturated carbocycles. The van der Waals surface area contributed by atoms with Crippen molar-refractivity contribution in [3.05, 3.63) is 70.4 Å². The van der Waals surface area contributed by atoms with Gasteiger partial charge >= 0.3 is 0 Å². The van der Waals surface area contributed by atoms with Crippen LogP contribution in [0.2, 0.25) is 5.02 Å². The van der Waals surface area contributed by atoms with E-state index in [0.717, 1.165) is 36.8 Å². The zero-order valence-electron chi connectivity index (χ0n) is 24.0. The summed E-state index contributed by atoms with van der Waals surface area (Å²) in [5.74, 6) is 0.372. The molecule has 2 heterocycles. The Kier molecular flexibility index (Phi) is 9.25. The number of aliphatic hydroxyl groups excluding tert-OH is 1. The zero-order valence-corrected chi connectivity index (χ0v) is 24.7. The van der Waals surface area contributed by atoms with Crippen LogP contribution in [0.3, 0.4) is 0 Å². The fraction of sp³-hybridized carbons (Fsp3) is 0.419. The predicted molar refractivity (Wildman–Crippen MR) is 159 cm³/mol. The molecule has 1 aliphatic carbocycles. The molecule has 10 nitrogen and oxygen atoms in total. The Labute approximate surface area is 250 Å². The van der Waals surface area contributed by atoms with Crippen molar-refractivity contribution in [3.8, 4) is 17.0 Å². The van der Waals surface area contributed by atoms with Crippen LogP contribution in [0, 0.1) is 0 Å². The Morgan fingerprint density at radius 1 is 1.17 bits per heavy atom. The normalized spacial score (nSPS) is 19.6. The molecule has 0 unspecified atom stereocenters. The summed E-state index contributed by atoms with van der Waals surface area (Å²) in [7, 11) is 3.33. The van der Waals surface area contributed by atoms with E-state index in [1.165, 1.54) is 4.90 Å². The van der Waals surface area contributed by atoms with Gasteiger partial charge in [0.05, 0.1) is 42.8 Å². The number of anilines is 1. The first-order valence-electron chi connectivity index (χ1n) is 14.1. The Morgan fingerprint density at radius 2 is 1.95 bits per heavy atom. The summed E-state index contributed by atoms with van der Waals surface area (Å²) in [4.78, 5) is 37.2. The van der Waals surface area contributed by atoms with Gasteiger partial charge in [0, 0.05) is 30.8 Å². The monoisotopic (exact) mass is 593 g/mol. The van der Waals surface area contributed by atoms with Gasteiger partial charge in [-0.2, -0.15) is 0 Å². The topological polar surface area (TPSA) is 126 Å². The molecule has 0 radical (unpaired) electrons. The minimum Gasteiger partial charge on any atom is -0.497 e. The van der Waals surface area contributed by atoms with Crippen LogP contribution in [0.5, 0.6) is 5.75 Å². The predicted octanol–water partition coefficient (Wildman–Crippen LogP) is 4.37. The first-order valence-corrected chi connectivity index (χ1v) is 14.5. The number of hydrogen-bond acceptors (Lipinski definition) is 8. The van der Waals surface area contributed by atoms with Crippen molar-refractivity contribution in [1.82, 2.24) is 20.2 Å². The van der Waals surface area contributed by atoms with Gasteiger partial charge in [-0.25, -0.2) is 9.97 Å². The molecule has 0 spiro atoms. The van der Waals surface area contributed by atoms with Crippen molar-refractivity contribution in [1.29, 1.82) is 0 Å². The maximum atomic E-state index is 13.5. The second-order valence-electron chi connectivity index (χ2n) is 10.8. The number of hydrogen-bond donors (Lipinski definition) is 3. The van der Waals surface area contributed by atoms with Crippen LogP contribution in [0.1, 0.15) is 60.1 Å². The summed E-state index contributed by atoms with van der Waals surface area (Å²) in [6, 6.07) is 11.7. The summed E-state index contributed by atoms with van der Waals surface area (Å²) in [5.41, 5.74) is 3.23. The minimum atomic E-state index is -1.05. The number of nitrogens with zero attached hydrogens (tertiary/aromatic N) is 3. The van der Waals surface area contributed by atoms with E-state index in [2.05, 4.69) is 20.6 Å². The van der Waals surface area contributed by atoms with Gasteiger partial charge in [0.15, 0.2) is 0 Å². The van der Waals surface area contributed by atoms with Crippen LogP contribution in [-0.2, 0) is 16.1 Å². The number of carbonyl (C=O) groups is 2. The fourth-order valence-electron chi connectivity index (χ4n) is 5.61. The standard InChI is InChI=1S/C31H36ClN5O5/c1-18(19-5-4-6-24(13-19)42-3)34-29(39)27(17-38)37-16-21-8-7-20(14-25(21)30(37)40)28-26(32)15-33-31(36-28)35-22-9-11-23(41-2)12-10-22/h4-8,13-15,18,22-23,27,38H,9-12,16-17H2,1-3H3,(H,34,39)(H,33,35,36)/t18-,22?,23?,27-/m1/s1. The lowest BCUT2D eigenvalue weighted by Crippen LogP contribution is -2.49. The second kappa shape index (κ2) is 13.1. The molecule has 1 aromatic heterocycles. The van der Waals surface area contributed by atoms with Crippen molar-refractivity contribution >= 4 is 29.4 Å². The molecule has 5 rings (SSSR count). The molecular formula is C31H36ClN5O5. The van der Waals surface area contributed by atoms with E-state index in [4.69, 9.17) is 21.1 Å². The molecule has 3 aromatic rings. The largest absolute Gasteiger partial charge is 0.497 e. The van der Waals surface area contributed by atoms with Crippen LogP contribution < -0.4 is 15.4 Å². The highest BCUT2D eigenvalue weighted by Gasteiger charge is 2.37. The number of aromatic nitrogens is 2. The lowest BCUT2D eigenvalue weighted by atomic mass is 9.93. The van der Waals surface area contributed by atoms with Gasteiger partial charge in [-0.1, -0.05) is 35.9 Å². The molecule has 2 atom stereocenters. The van der Waals surface area contributed by atoms with E-state index in [9.17, 15) is 14.7 Å². The van der Waals surface area contributed by atoms with E-state index < -0.39 is 18.6 Å². The summed E-state index contributed by atoms with van der Waals surface area (Å²) < 4.78 is 10.7. The average molecular weight is 594 g/mol. The summed E-state index contributed by atoms with van der Waals surface area (Å²) in [6.07, 6.45) is 5.72. The lowest BCUT2D eigenvalue weighted by Gasteiger charge is -2.28. The van der Waals surface area contributed by atoms with Gasteiger partial charge in [0.1, 0.15) is 11.8 Å². The van der Waals surface area contributed by atoms with Crippen molar-refractivity contribution in [2.24, 2.45) is 0 Å².